The second-order valence-electron chi connectivity index (χ2n) is 10.8. The van der Waals surface area contributed by atoms with Gasteiger partial charge in [-0.05, 0) is 39.2 Å². The Morgan fingerprint density at radius 2 is 2.03 bits per heavy atom. The van der Waals surface area contributed by atoms with E-state index < -0.39 is 17.6 Å². The van der Waals surface area contributed by atoms with Crippen molar-refractivity contribution in [3.05, 3.63) is 35.4 Å². The van der Waals surface area contributed by atoms with Gasteiger partial charge in [-0.2, -0.15) is 13.2 Å². The summed E-state index contributed by atoms with van der Waals surface area (Å²) in [6, 6.07) is 1.10. The molecule has 2 aromatic heterocycles. The predicted molar refractivity (Wildman–Crippen MR) is 134 cm³/mol. The molecule has 2 unspecified atom stereocenters. The Bertz CT molecular complexity index is 1190. The fourth-order valence-corrected chi connectivity index (χ4v) is 5.64. The number of alkyl halides is 3. The number of ether oxygens (including phenoxy) is 2. The van der Waals surface area contributed by atoms with Crippen LogP contribution in [0.15, 0.2) is 18.6 Å². The molecule has 1 amide bonds. The van der Waals surface area contributed by atoms with Gasteiger partial charge in [0.15, 0.2) is 0 Å². The lowest BCUT2D eigenvalue weighted by molar-refractivity contribution is -0.144. The Balaban J connectivity index is 1.28. The number of rotatable bonds is 5. The van der Waals surface area contributed by atoms with Gasteiger partial charge in [0.05, 0.1) is 30.3 Å². The Hall–Kier alpha value is -3.15. The maximum Gasteiger partial charge on any atom is 0.421 e. The number of pyridine rings is 1. The quantitative estimate of drug-likeness (QED) is 0.621. The van der Waals surface area contributed by atoms with Crippen LogP contribution < -0.4 is 15.0 Å². The summed E-state index contributed by atoms with van der Waals surface area (Å²) in [6.45, 7) is 6.74. The molecule has 0 aromatic carbocycles. The van der Waals surface area contributed by atoms with Crippen LogP contribution in [0.4, 0.5) is 24.7 Å². The predicted octanol–water partition coefficient (Wildman–Crippen LogP) is 3.68. The van der Waals surface area contributed by atoms with Crippen molar-refractivity contribution in [2.45, 2.75) is 63.9 Å². The normalized spacial score (nSPS) is 23.2. The fraction of sp³-hybridized carbons (Fsp3) is 0.615. The van der Waals surface area contributed by atoms with Crippen molar-refractivity contribution in [2.24, 2.45) is 5.92 Å². The topological polar surface area (TPSA) is 92.7 Å². The van der Waals surface area contributed by atoms with E-state index in [1.807, 2.05) is 23.6 Å². The lowest BCUT2D eigenvalue weighted by Gasteiger charge is -2.36. The van der Waals surface area contributed by atoms with Crippen molar-refractivity contribution in [2.75, 3.05) is 43.6 Å². The van der Waals surface area contributed by atoms with Crippen molar-refractivity contribution >= 4 is 17.4 Å². The van der Waals surface area contributed by atoms with Crippen LogP contribution in [0, 0.1) is 5.92 Å². The standard InChI is InChI=1S/C26H33F3N6O3/c1-25(2)11-16(6-9-38-25)24(36)35-7-4-17(13-35)33-22-19-14-34(8-5-21(19)31-15-32-22)18-10-20(26(27,28)29)23(37-3)30-12-18/h10,12,15-17H,4-9,11,13-14H2,1-3H3,(H,31,32,33). The Morgan fingerprint density at radius 3 is 2.76 bits per heavy atom. The number of likely N-dealkylation sites (tertiary alicyclic amines) is 1. The summed E-state index contributed by atoms with van der Waals surface area (Å²) in [5, 5.41) is 3.49. The molecule has 2 fully saturated rings. The van der Waals surface area contributed by atoms with Crippen LogP contribution in [0.3, 0.4) is 0 Å². The lowest BCUT2D eigenvalue weighted by atomic mass is 9.87. The Morgan fingerprint density at radius 1 is 1.21 bits per heavy atom. The third-order valence-corrected chi connectivity index (χ3v) is 7.59. The Labute approximate surface area is 219 Å². The number of anilines is 2. The molecule has 3 aliphatic heterocycles. The maximum atomic E-state index is 13.6. The van der Waals surface area contributed by atoms with E-state index in [9.17, 15) is 18.0 Å². The minimum absolute atomic E-state index is 0.0284. The van der Waals surface area contributed by atoms with Crippen molar-refractivity contribution in [1.82, 2.24) is 19.9 Å². The molecule has 9 nitrogen and oxygen atoms in total. The van der Waals surface area contributed by atoms with Gasteiger partial charge in [-0.15, -0.1) is 0 Å². The van der Waals surface area contributed by atoms with Crippen LogP contribution in [0.5, 0.6) is 5.88 Å². The van der Waals surface area contributed by atoms with E-state index in [1.165, 1.54) is 19.6 Å². The smallest absolute Gasteiger partial charge is 0.421 e. The zero-order valence-electron chi connectivity index (χ0n) is 21.8. The monoisotopic (exact) mass is 534 g/mol. The molecule has 0 bridgehead atoms. The number of methoxy groups -OCH3 is 1. The Kier molecular flexibility index (Phi) is 7.10. The van der Waals surface area contributed by atoms with Crippen LogP contribution in [-0.2, 0) is 28.7 Å². The molecule has 0 radical (unpaired) electrons. The van der Waals surface area contributed by atoms with Crippen molar-refractivity contribution in [3.63, 3.8) is 0 Å². The number of carbonyl (C=O) groups is 1. The molecule has 2 atom stereocenters. The molecule has 206 valence electrons. The summed E-state index contributed by atoms with van der Waals surface area (Å²) in [7, 11) is 1.17. The van der Waals surface area contributed by atoms with Crippen LogP contribution >= 0.6 is 0 Å². The highest BCUT2D eigenvalue weighted by molar-refractivity contribution is 5.79. The molecule has 12 heteroatoms. The number of hydrogen-bond acceptors (Lipinski definition) is 8. The first kappa shape index (κ1) is 26.5. The highest BCUT2D eigenvalue weighted by atomic mass is 19.4. The van der Waals surface area contributed by atoms with E-state index in [0.29, 0.717) is 57.1 Å². The molecule has 3 aliphatic rings. The van der Waals surface area contributed by atoms with Crippen LogP contribution in [0.25, 0.3) is 0 Å². The van der Waals surface area contributed by atoms with E-state index in [2.05, 4.69) is 20.3 Å². The van der Waals surface area contributed by atoms with E-state index in [1.54, 1.807) is 0 Å². The number of fused-ring (bicyclic) bond motifs is 1. The number of amides is 1. The summed E-state index contributed by atoms with van der Waals surface area (Å²) >= 11 is 0. The zero-order valence-corrected chi connectivity index (χ0v) is 21.8. The van der Waals surface area contributed by atoms with E-state index >= 15 is 0 Å². The number of carbonyl (C=O) groups excluding carboxylic acids is 1. The van der Waals surface area contributed by atoms with Crippen molar-refractivity contribution in [3.8, 4) is 5.88 Å². The minimum Gasteiger partial charge on any atom is -0.481 e. The van der Waals surface area contributed by atoms with Gasteiger partial charge in [-0.3, -0.25) is 4.79 Å². The highest BCUT2D eigenvalue weighted by Gasteiger charge is 2.38. The molecule has 0 spiro atoms. The van der Waals surface area contributed by atoms with Crippen LogP contribution in [0.1, 0.15) is 49.9 Å². The molecule has 2 saturated heterocycles. The van der Waals surface area contributed by atoms with E-state index in [4.69, 9.17) is 9.47 Å². The number of halogens is 3. The summed E-state index contributed by atoms with van der Waals surface area (Å²) in [5.41, 5.74) is 0.873. The second kappa shape index (κ2) is 10.2. The minimum atomic E-state index is -4.58. The van der Waals surface area contributed by atoms with Gasteiger partial charge in [0, 0.05) is 56.7 Å². The van der Waals surface area contributed by atoms with Gasteiger partial charge in [0.1, 0.15) is 17.7 Å². The molecule has 0 aliphatic carbocycles. The average molecular weight is 535 g/mol. The SMILES string of the molecule is COc1ncc(N2CCc3ncnc(NC4CCN(C(=O)C5CCOC(C)(C)C5)C4)c3C2)cc1C(F)(F)F. The maximum absolute atomic E-state index is 13.6. The number of hydrogen-bond donors (Lipinski definition) is 1. The summed E-state index contributed by atoms with van der Waals surface area (Å²) in [5.74, 6) is 0.351. The lowest BCUT2D eigenvalue weighted by Crippen LogP contribution is -2.43. The average Bonchev–Trinajstić information content (AvgIpc) is 3.35. The van der Waals surface area contributed by atoms with Gasteiger partial charge in [-0.1, -0.05) is 0 Å². The largest absolute Gasteiger partial charge is 0.481 e. The van der Waals surface area contributed by atoms with Gasteiger partial charge in [0.25, 0.3) is 0 Å². The first-order chi connectivity index (χ1) is 18.0. The first-order valence-corrected chi connectivity index (χ1v) is 12.9. The van der Waals surface area contributed by atoms with Crippen LogP contribution in [-0.4, -0.2) is 70.8 Å². The molecular weight excluding hydrogens is 501 g/mol. The van der Waals surface area contributed by atoms with Crippen molar-refractivity contribution in [1.29, 1.82) is 0 Å². The number of aromatic nitrogens is 3. The zero-order chi connectivity index (χ0) is 27.1. The molecule has 5 rings (SSSR count). The number of nitrogens with zero attached hydrogens (tertiary/aromatic N) is 5. The van der Waals surface area contributed by atoms with Gasteiger partial charge in [-0.25, -0.2) is 15.0 Å². The highest BCUT2D eigenvalue weighted by Crippen LogP contribution is 2.38. The molecular formula is C26H33F3N6O3. The summed E-state index contributed by atoms with van der Waals surface area (Å²) in [6.07, 6.45) is 1.13. The molecule has 2 aromatic rings. The third kappa shape index (κ3) is 5.50. The van der Waals surface area contributed by atoms with Gasteiger partial charge in [0.2, 0.25) is 11.8 Å². The second-order valence-corrected chi connectivity index (χ2v) is 10.8. The number of nitrogens with one attached hydrogen (secondary N) is 1. The van der Waals surface area contributed by atoms with Gasteiger partial charge < -0.3 is 24.6 Å². The van der Waals surface area contributed by atoms with Gasteiger partial charge >= 0.3 is 6.18 Å². The van der Waals surface area contributed by atoms with E-state index in [0.717, 1.165) is 30.2 Å². The van der Waals surface area contributed by atoms with Crippen LogP contribution in [0.2, 0.25) is 0 Å². The first-order valence-electron chi connectivity index (χ1n) is 12.9. The van der Waals surface area contributed by atoms with E-state index in [-0.39, 0.29) is 23.5 Å². The summed E-state index contributed by atoms with van der Waals surface area (Å²) < 4.78 is 51.3. The molecule has 5 heterocycles. The fourth-order valence-electron chi connectivity index (χ4n) is 5.64. The summed E-state index contributed by atoms with van der Waals surface area (Å²) in [4.78, 5) is 29.7. The molecule has 0 saturated carbocycles. The van der Waals surface area contributed by atoms with Crippen molar-refractivity contribution < 1.29 is 27.4 Å². The molecule has 38 heavy (non-hydrogen) atoms. The third-order valence-electron chi connectivity index (χ3n) is 7.59. The molecule has 1 N–H and O–H groups in total.